The minimum atomic E-state index is -0.863. The van der Waals surface area contributed by atoms with E-state index in [1.807, 2.05) is 6.07 Å². The molecule has 1 aliphatic heterocycles. The Hall–Kier alpha value is -1.63. The van der Waals surface area contributed by atoms with Gasteiger partial charge >= 0.3 is 5.97 Å². The maximum absolute atomic E-state index is 12.2. The lowest BCUT2D eigenvalue weighted by Gasteiger charge is -2.31. The molecule has 0 aromatic heterocycles. The number of esters is 1. The van der Waals surface area contributed by atoms with Gasteiger partial charge in [0.15, 0.2) is 0 Å². The lowest BCUT2D eigenvalue weighted by atomic mass is 9.90. The van der Waals surface area contributed by atoms with E-state index in [0.29, 0.717) is 38.2 Å². The molecule has 1 aliphatic rings. The molecule has 122 valence electrons. The predicted molar refractivity (Wildman–Crippen MR) is 83.8 cm³/mol. The fourth-order valence-electron chi connectivity index (χ4n) is 2.25. The van der Waals surface area contributed by atoms with Crippen molar-refractivity contribution in [2.75, 3.05) is 20.3 Å². The van der Waals surface area contributed by atoms with Crippen molar-refractivity contribution in [2.45, 2.75) is 24.9 Å². The van der Waals surface area contributed by atoms with Crippen molar-refractivity contribution in [3.63, 3.8) is 0 Å². The number of nitrogens with one attached hydrogen (secondary N) is 1. The molecule has 1 saturated heterocycles. The van der Waals surface area contributed by atoms with Gasteiger partial charge in [0.1, 0.15) is 0 Å². The summed E-state index contributed by atoms with van der Waals surface area (Å²) >= 11 is 0. The van der Waals surface area contributed by atoms with Crippen LogP contribution < -0.4 is 11.1 Å². The Balaban J connectivity index is 0.00000242. The minimum Gasteiger partial charge on any atom is -0.465 e. The van der Waals surface area contributed by atoms with Crippen LogP contribution in [0.25, 0.3) is 0 Å². The normalized spacial score (nSPS) is 16.3. The summed E-state index contributed by atoms with van der Waals surface area (Å²) in [6, 6.07) is 6.94. The van der Waals surface area contributed by atoms with E-state index < -0.39 is 11.5 Å². The molecular formula is C15H21ClN2O4. The number of hydrogen-bond donors (Lipinski definition) is 2. The van der Waals surface area contributed by atoms with Crippen LogP contribution in [0, 0.1) is 0 Å². The highest BCUT2D eigenvalue weighted by Crippen LogP contribution is 2.18. The molecule has 0 spiro atoms. The van der Waals surface area contributed by atoms with Gasteiger partial charge in [-0.15, -0.1) is 12.4 Å². The number of nitrogens with two attached hydrogens (primary N) is 1. The van der Waals surface area contributed by atoms with Gasteiger partial charge in [-0.2, -0.15) is 0 Å². The zero-order valence-corrected chi connectivity index (χ0v) is 13.3. The van der Waals surface area contributed by atoms with Gasteiger partial charge in [-0.25, -0.2) is 4.79 Å². The minimum absolute atomic E-state index is 0. The average Bonchev–Trinajstić information content (AvgIpc) is 2.52. The third kappa shape index (κ3) is 4.43. The van der Waals surface area contributed by atoms with Crippen LogP contribution in [0.1, 0.15) is 28.8 Å². The Kier molecular flexibility index (Phi) is 6.80. The molecule has 0 aliphatic carbocycles. The molecule has 0 bridgehead atoms. The highest BCUT2D eigenvalue weighted by atomic mass is 35.5. The molecule has 0 unspecified atom stereocenters. The molecule has 22 heavy (non-hydrogen) atoms. The number of hydrogen-bond acceptors (Lipinski definition) is 5. The summed E-state index contributed by atoms with van der Waals surface area (Å²) in [5, 5.41) is 2.82. The van der Waals surface area contributed by atoms with Crippen molar-refractivity contribution >= 4 is 24.3 Å². The summed E-state index contributed by atoms with van der Waals surface area (Å²) in [6.07, 6.45) is 1.03. The number of amides is 1. The van der Waals surface area contributed by atoms with Gasteiger partial charge < -0.3 is 20.5 Å². The topological polar surface area (TPSA) is 90.7 Å². The highest BCUT2D eigenvalue weighted by Gasteiger charge is 2.35. The summed E-state index contributed by atoms with van der Waals surface area (Å²) in [5.74, 6) is -0.586. The predicted octanol–water partition coefficient (Wildman–Crippen LogP) is 1.02. The molecule has 3 N–H and O–H groups in total. The van der Waals surface area contributed by atoms with Crippen molar-refractivity contribution in [1.29, 1.82) is 0 Å². The summed E-state index contributed by atoms with van der Waals surface area (Å²) in [5.41, 5.74) is 6.51. The van der Waals surface area contributed by atoms with E-state index in [1.54, 1.807) is 18.2 Å². The lowest BCUT2D eigenvalue weighted by Crippen LogP contribution is -2.56. The van der Waals surface area contributed by atoms with Crippen LogP contribution in [0.15, 0.2) is 24.3 Å². The van der Waals surface area contributed by atoms with E-state index in [-0.39, 0.29) is 18.3 Å². The maximum Gasteiger partial charge on any atom is 0.337 e. The van der Waals surface area contributed by atoms with Crippen LogP contribution in [-0.2, 0) is 20.8 Å². The highest BCUT2D eigenvalue weighted by molar-refractivity contribution is 5.89. The first-order valence-electron chi connectivity index (χ1n) is 6.87. The van der Waals surface area contributed by atoms with Crippen LogP contribution in [0.2, 0.25) is 0 Å². The molecule has 2 rings (SSSR count). The van der Waals surface area contributed by atoms with Crippen molar-refractivity contribution < 1.29 is 19.1 Å². The van der Waals surface area contributed by atoms with Gasteiger partial charge in [0.25, 0.3) is 0 Å². The standard InChI is InChI=1S/C15H20N2O4.ClH/c1-20-13(18)12-4-2-3-11(9-12)10-17-14(19)15(16)5-7-21-8-6-15;/h2-4,9H,5-8,10,16H2,1H3,(H,17,19);1H. The molecule has 0 radical (unpaired) electrons. The molecule has 1 amide bonds. The Morgan fingerprint density at radius 2 is 2.05 bits per heavy atom. The average molecular weight is 329 g/mol. The fourth-order valence-corrected chi connectivity index (χ4v) is 2.25. The fraction of sp³-hybridized carbons (Fsp3) is 0.467. The molecule has 1 aromatic carbocycles. The Morgan fingerprint density at radius 3 is 2.68 bits per heavy atom. The van der Waals surface area contributed by atoms with Crippen molar-refractivity contribution in [3.05, 3.63) is 35.4 Å². The number of benzene rings is 1. The van der Waals surface area contributed by atoms with Gasteiger partial charge in [0, 0.05) is 19.8 Å². The molecule has 7 heteroatoms. The number of carbonyl (C=O) groups excluding carboxylic acids is 2. The zero-order valence-electron chi connectivity index (χ0n) is 12.5. The van der Waals surface area contributed by atoms with Crippen molar-refractivity contribution in [2.24, 2.45) is 5.73 Å². The van der Waals surface area contributed by atoms with Crippen molar-refractivity contribution in [1.82, 2.24) is 5.32 Å². The summed E-state index contributed by atoms with van der Waals surface area (Å²) < 4.78 is 9.89. The molecule has 1 aromatic rings. The number of halogens is 1. The first kappa shape index (κ1) is 18.4. The van der Waals surface area contributed by atoms with Gasteiger partial charge in [0.2, 0.25) is 5.91 Å². The van der Waals surface area contributed by atoms with E-state index >= 15 is 0 Å². The second-order valence-electron chi connectivity index (χ2n) is 5.14. The number of carbonyl (C=O) groups is 2. The van der Waals surface area contributed by atoms with E-state index in [1.165, 1.54) is 7.11 Å². The summed E-state index contributed by atoms with van der Waals surface area (Å²) in [7, 11) is 1.33. The monoisotopic (exact) mass is 328 g/mol. The number of methoxy groups -OCH3 is 1. The summed E-state index contributed by atoms with van der Waals surface area (Å²) in [6.45, 7) is 1.33. The number of ether oxygens (including phenoxy) is 2. The molecule has 1 fully saturated rings. The molecular weight excluding hydrogens is 308 g/mol. The quantitative estimate of drug-likeness (QED) is 0.805. The second kappa shape index (κ2) is 8.12. The summed E-state index contributed by atoms with van der Waals surface area (Å²) in [4.78, 5) is 23.6. The first-order chi connectivity index (χ1) is 10.0. The molecule has 0 saturated carbocycles. The third-order valence-electron chi connectivity index (χ3n) is 3.64. The molecule has 0 atom stereocenters. The van der Waals surface area contributed by atoms with E-state index in [0.717, 1.165) is 5.56 Å². The van der Waals surface area contributed by atoms with Crippen LogP contribution in [0.3, 0.4) is 0 Å². The third-order valence-corrected chi connectivity index (χ3v) is 3.64. The number of rotatable bonds is 4. The Labute approximate surface area is 135 Å². The SMILES string of the molecule is COC(=O)c1cccc(CNC(=O)C2(N)CCOCC2)c1.Cl. The first-order valence-corrected chi connectivity index (χ1v) is 6.87. The lowest BCUT2D eigenvalue weighted by molar-refractivity contribution is -0.129. The second-order valence-corrected chi connectivity index (χ2v) is 5.14. The van der Waals surface area contributed by atoms with Gasteiger partial charge in [-0.05, 0) is 30.5 Å². The van der Waals surface area contributed by atoms with Crippen molar-refractivity contribution in [3.8, 4) is 0 Å². The molecule has 6 nitrogen and oxygen atoms in total. The largest absolute Gasteiger partial charge is 0.465 e. The van der Waals surface area contributed by atoms with E-state index in [4.69, 9.17) is 10.5 Å². The smallest absolute Gasteiger partial charge is 0.337 e. The van der Waals surface area contributed by atoms with Gasteiger partial charge in [0.05, 0.1) is 18.2 Å². The van der Waals surface area contributed by atoms with Crippen LogP contribution in [0.4, 0.5) is 0 Å². The Bertz CT molecular complexity index is 530. The van der Waals surface area contributed by atoms with Gasteiger partial charge in [-0.1, -0.05) is 12.1 Å². The maximum atomic E-state index is 12.2. The zero-order chi connectivity index (χ0) is 15.3. The van der Waals surface area contributed by atoms with Crippen LogP contribution in [-0.4, -0.2) is 37.7 Å². The van der Waals surface area contributed by atoms with Gasteiger partial charge in [-0.3, -0.25) is 4.79 Å². The molecule has 1 heterocycles. The Morgan fingerprint density at radius 1 is 1.36 bits per heavy atom. The van der Waals surface area contributed by atoms with E-state index in [2.05, 4.69) is 10.1 Å². The van der Waals surface area contributed by atoms with Crippen LogP contribution in [0.5, 0.6) is 0 Å². The van der Waals surface area contributed by atoms with Crippen LogP contribution >= 0.6 is 12.4 Å². The van der Waals surface area contributed by atoms with E-state index in [9.17, 15) is 9.59 Å².